The van der Waals surface area contributed by atoms with Crippen LogP contribution in [0.15, 0.2) is 58.7 Å². The molecule has 0 N–H and O–H groups in total. The van der Waals surface area contributed by atoms with Gasteiger partial charge >= 0.3 is 0 Å². The van der Waals surface area contributed by atoms with E-state index in [0.29, 0.717) is 6.42 Å². The maximum Gasteiger partial charge on any atom is 0.152 e. The minimum atomic E-state index is -2.97. The molecule has 0 unspecified atom stereocenters. The standard InChI is InChI=1S/C23H22N4O2S/c1-15-22(16(2)27(26-15)17-11-12-30(28,29)14-17)13-24-25-23-20-9-5-3-7-18(20)19-8-4-6-10-21(19)23/h3-10,13,17H,11-12,14H2,1-2H3/b24-13-/t17-/m0/s1. The summed E-state index contributed by atoms with van der Waals surface area (Å²) in [6.45, 7) is 3.88. The average molecular weight is 419 g/mol. The largest absolute Gasteiger partial charge is 0.265 e. The molecule has 2 aromatic carbocycles. The van der Waals surface area contributed by atoms with Crippen LogP contribution in [-0.2, 0) is 9.84 Å². The second-order valence-corrected chi connectivity index (χ2v) is 10.1. The first-order valence-electron chi connectivity index (χ1n) is 10.0. The van der Waals surface area contributed by atoms with Crippen LogP contribution in [0.2, 0.25) is 0 Å². The Morgan fingerprint density at radius 2 is 1.60 bits per heavy atom. The molecule has 0 bridgehead atoms. The van der Waals surface area contributed by atoms with Crippen LogP contribution in [0.1, 0.15) is 40.5 Å². The number of sulfone groups is 1. The summed E-state index contributed by atoms with van der Waals surface area (Å²) in [6.07, 6.45) is 2.34. The van der Waals surface area contributed by atoms with Gasteiger partial charge < -0.3 is 0 Å². The first-order valence-corrected chi connectivity index (χ1v) is 11.8. The van der Waals surface area contributed by atoms with Crippen molar-refractivity contribution in [1.29, 1.82) is 0 Å². The van der Waals surface area contributed by atoms with Gasteiger partial charge in [-0.15, -0.1) is 5.10 Å². The molecule has 5 rings (SSSR count). The SMILES string of the molecule is Cc1nn([C@H]2CCS(=O)(=O)C2)c(C)c1/C=N\N=C1c2ccccc2-c2ccccc21. The molecule has 0 spiro atoms. The van der Waals surface area contributed by atoms with Crippen molar-refractivity contribution in [3.63, 3.8) is 0 Å². The van der Waals surface area contributed by atoms with Crippen LogP contribution >= 0.6 is 0 Å². The van der Waals surface area contributed by atoms with Gasteiger partial charge in [-0.25, -0.2) is 8.42 Å². The van der Waals surface area contributed by atoms with E-state index in [-0.39, 0.29) is 17.5 Å². The summed E-state index contributed by atoms with van der Waals surface area (Å²) in [7, 11) is -2.97. The van der Waals surface area contributed by atoms with Crippen LogP contribution in [0.25, 0.3) is 11.1 Å². The predicted octanol–water partition coefficient (Wildman–Crippen LogP) is 3.71. The van der Waals surface area contributed by atoms with Crippen molar-refractivity contribution in [1.82, 2.24) is 9.78 Å². The fraction of sp³-hybridized carbons (Fsp3) is 0.261. The zero-order chi connectivity index (χ0) is 20.9. The van der Waals surface area contributed by atoms with Gasteiger partial charge in [0.1, 0.15) is 5.71 Å². The fourth-order valence-corrected chi connectivity index (χ4v) is 6.12. The molecule has 2 heterocycles. The van der Waals surface area contributed by atoms with Crippen LogP contribution in [-0.4, -0.2) is 41.6 Å². The monoisotopic (exact) mass is 418 g/mol. The first-order chi connectivity index (χ1) is 14.4. The van der Waals surface area contributed by atoms with E-state index in [1.165, 1.54) is 11.1 Å². The van der Waals surface area contributed by atoms with Crippen LogP contribution < -0.4 is 0 Å². The van der Waals surface area contributed by atoms with Crippen LogP contribution in [0.3, 0.4) is 0 Å². The van der Waals surface area contributed by atoms with Crippen molar-refractivity contribution >= 4 is 21.8 Å². The van der Waals surface area contributed by atoms with Gasteiger partial charge in [0.2, 0.25) is 0 Å². The van der Waals surface area contributed by atoms with E-state index in [9.17, 15) is 8.42 Å². The minimum Gasteiger partial charge on any atom is -0.265 e. The van der Waals surface area contributed by atoms with Gasteiger partial charge in [-0.05, 0) is 31.4 Å². The third-order valence-corrected chi connectivity index (χ3v) is 7.68. The van der Waals surface area contributed by atoms with Crippen molar-refractivity contribution < 1.29 is 8.42 Å². The molecule has 30 heavy (non-hydrogen) atoms. The van der Waals surface area contributed by atoms with Gasteiger partial charge in [0, 0.05) is 22.4 Å². The molecule has 1 aromatic heterocycles. The number of hydrogen-bond donors (Lipinski definition) is 0. The van der Waals surface area contributed by atoms with Gasteiger partial charge in [0.25, 0.3) is 0 Å². The molecule has 152 valence electrons. The summed E-state index contributed by atoms with van der Waals surface area (Å²) in [5, 5.41) is 13.6. The number of rotatable bonds is 3. The number of aryl methyl sites for hydroxylation is 1. The third-order valence-electron chi connectivity index (χ3n) is 5.93. The molecule has 2 aliphatic rings. The van der Waals surface area contributed by atoms with Crippen molar-refractivity contribution in [3.8, 4) is 11.1 Å². The fourth-order valence-electron chi connectivity index (χ4n) is 4.43. The van der Waals surface area contributed by atoms with Crippen LogP contribution in [0.4, 0.5) is 0 Å². The van der Waals surface area contributed by atoms with E-state index in [1.54, 1.807) is 6.21 Å². The number of fused-ring (bicyclic) bond motifs is 3. The Morgan fingerprint density at radius 1 is 1.00 bits per heavy atom. The van der Waals surface area contributed by atoms with E-state index in [1.807, 2.05) is 42.8 Å². The molecule has 1 aliphatic heterocycles. The highest BCUT2D eigenvalue weighted by atomic mass is 32.2. The topological polar surface area (TPSA) is 76.7 Å². The Bertz CT molecular complexity index is 1270. The molecule has 0 saturated carbocycles. The third kappa shape index (κ3) is 3.10. The summed E-state index contributed by atoms with van der Waals surface area (Å²) in [4.78, 5) is 0. The Morgan fingerprint density at radius 3 is 2.17 bits per heavy atom. The lowest BCUT2D eigenvalue weighted by molar-refractivity contribution is 0.486. The second-order valence-electron chi connectivity index (χ2n) is 7.87. The lowest BCUT2D eigenvalue weighted by Gasteiger charge is -2.10. The minimum absolute atomic E-state index is 0.101. The van der Waals surface area contributed by atoms with E-state index in [4.69, 9.17) is 0 Å². The molecule has 1 saturated heterocycles. The van der Waals surface area contributed by atoms with Crippen molar-refractivity contribution in [3.05, 3.63) is 76.6 Å². The summed E-state index contributed by atoms with van der Waals surface area (Å²) in [5.41, 5.74) is 8.01. The summed E-state index contributed by atoms with van der Waals surface area (Å²) >= 11 is 0. The Balaban J connectivity index is 1.49. The molecule has 3 aromatic rings. The molecule has 0 radical (unpaired) electrons. The van der Waals surface area contributed by atoms with E-state index < -0.39 is 9.84 Å². The maximum absolute atomic E-state index is 11.9. The van der Waals surface area contributed by atoms with Gasteiger partial charge in [0.05, 0.1) is 29.5 Å². The number of benzene rings is 2. The molecular weight excluding hydrogens is 396 g/mol. The van der Waals surface area contributed by atoms with Gasteiger partial charge in [-0.2, -0.15) is 10.2 Å². The van der Waals surface area contributed by atoms with E-state index >= 15 is 0 Å². The normalized spacial score (nSPS) is 19.3. The van der Waals surface area contributed by atoms with Gasteiger partial charge in [-0.3, -0.25) is 4.68 Å². The lowest BCUT2D eigenvalue weighted by atomic mass is 10.1. The average Bonchev–Trinajstić information content (AvgIpc) is 3.35. The summed E-state index contributed by atoms with van der Waals surface area (Å²) < 4.78 is 25.5. The van der Waals surface area contributed by atoms with Gasteiger partial charge in [0.15, 0.2) is 9.84 Å². The summed E-state index contributed by atoms with van der Waals surface area (Å²) in [6, 6.07) is 16.3. The molecule has 0 amide bonds. The predicted molar refractivity (Wildman–Crippen MR) is 119 cm³/mol. The highest BCUT2D eigenvalue weighted by molar-refractivity contribution is 7.91. The number of aromatic nitrogens is 2. The Labute approximate surface area is 175 Å². The Hall–Kier alpha value is -3.06. The van der Waals surface area contributed by atoms with E-state index in [0.717, 1.165) is 33.8 Å². The zero-order valence-electron chi connectivity index (χ0n) is 16.9. The lowest BCUT2D eigenvalue weighted by Crippen LogP contribution is -2.14. The Kier molecular flexibility index (Phi) is 4.43. The highest BCUT2D eigenvalue weighted by Gasteiger charge is 2.31. The first kappa shape index (κ1) is 18.9. The number of hydrogen-bond acceptors (Lipinski definition) is 5. The quantitative estimate of drug-likeness (QED) is 0.376. The molecule has 1 atom stereocenters. The molecule has 7 heteroatoms. The number of nitrogens with zero attached hydrogens (tertiary/aromatic N) is 4. The molecule has 6 nitrogen and oxygen atoms in total. The van der Waals surface area contributed by atoms with Crippen LogP contribution in [0, 0.1) is 13.8 Å². The highest BCUT2D eigenvalue weighted by Crippen LogP contribution is 2.36. The molecular formula is C23H22N4O2S. The maximum atomic E-state index is 11.9. The smallest absolute Gasteiger partial charge is 0.152 e. The summed E-state index contributed by atoms with van der Waals surface area (Å²) in [5.74, 6) is 0.382. The molecule has 1 aliphatic carbocycles. The molecule has 1 fully saturated rings. The van der Waals surface area contributed by atoms with Crippen LogP contribution in [0.5, 0.6) is 0 Å². The second kappa shape index (κ2) is 7.02. The van der Waals surface area contributed by atoms with E-state index in [2.05, 4.69) is 39.6 Å². The van der Waals surface area contributed by atoms with Gasteiger partial charge in [-0.1, -0.05) is 48.5 Å². The van der Waals surface area contributed by atoms with Crippen molar-refractivity contribution in [2.75, 3.05) is 11.5 Å². The van der Waals surface area contributed by atoms with Crippen molar-refractivity contribution in [2.45, 2.75) is 26.3 Å². The van der Waals surface area contributed by atoms with Crippen molar-refractivity contribution in [2.24, 2.45) is 10.2 Å². The zero-order valence-corrected chi connectivity index (χ0v) is 17.7.